The van der Waals surface area contributed by atoms with E-state index >= 15 is 0 Å². The largest absolute Gasteiger partial charge is 0.396 e. The van der Waals surface area contributed by atoms with Crippen LogP contribution in [-0.4, -0.2) is 54.6 Å². The Morgan fingerprint density at radius 1 is 0.857 bits per heavy atom. The van der Waals surface area contributed by atoms with Gasteiger partial charge in [0.1, 0.15) is 0 Å². The van der Waals surface area contributed by atoms with Crippen molar-refractivity contribution in [2.24, 2.45) is 0 Å². The van der Waals surface area contributed by atoms with Crippen molar-refractivity contribution in [3.8, 4) is 0 Å². The molecule has 0 amide bonds. The summed E-state index contributed by atoms with van der Waals surface area (Å²) in [6.07, 6.45) is 4.02. The van der Waals surface area contributed by atoms with Crippen LogP contribution in [0.4, 0.5) is 0 Å². The highest BCUT2D eigenvalue weighted by atomic mass is 16.3. The van der Waals surface area contributed by atoms with Crippen LogP contribution in [0.1, 0.15) is 32.6 Å². The van der Waals surface area contributed by atoms with Crippen molar-refractivity contribution in [3.63, 3.8) is 0 Å². The summed E-state index contributed by atoms with van der Waals surface area (Å²) in [6.45, 7) is 6.24. The van der Waals surface area contributed by atoms with Gasteiger partial charge in [-0.2, -0.15) is 0 Å². The van der Waals surface area contributed by atoms with Gasteiger partial charge in [-0.3, -0.25) is 0 Å². The number of rotatable bonds is 9. The second-order valence-electron chi connectivity index (χ2n) is 4.24. The predicted octanol–water partition coefficient (Wildman–Crippen LogP) is 0.998. The molecule has 0 radical (unpaired) electrons. The summed E-state index contributed by atoms with van der Waals surface area (Å²) >= 11 is 0. The average molecular weight is 204 g/mol. The summed E-state index contributed by atoms with van der Waals surface area (Å²) in [5.41, 5.74) is 0. The van der Waals surface area contributed by atoms with Gasteiger partial charge in [0.25, 0.3) is 0 Å². The monoisotopic (exact) mass is 204 g/mol. The smallest absolute Gasteiger partial charge is 0.0785 e. The Kier molecular flexibility index (Phi) is 8.14. The molecular weight excluding hydrogens is 178 g/mol. The highest BCUT2D eigenvalue weighted by Crippen LogP contribution is 2.07. The standard InChI is InChI=1S/C11H26NO2/c1-3-12(2,8-4-6-10-13)9-5-7-11-14/h13-14H,3-11H2,1-2H3/q+1. The molecule has 0 spiro atoms. The lowest BCUT2D eigenvalue weighted by molar-refractivity contribution is -0.908. The van der Waals surface area contributed by atoms with Crippen LogP contribution in [0.2, 0.25) is 0 Å². The molecule has 0 aromatic carbocycles. The lowest BCUT2D eigenvalue weighted by atomic mass is 10.2. The van der Waals surface area contributed by atoms with Crippen molar-refractivity contribution in [2.45, 2.75) is 32.6 Å². The highest BCUT2D eigenvalue weighted by Gasteiger charge is 2.17. The van der Waals surface area contributed by atoms with Crippen LogP contribution in [-0.2, 0) is 0 Å². The minimum absolute atomic E-state index is 0.306. The minimum atomic E-state index is 0.306. The van der Waals surface area contributed by atoms with Gasteiger partial charge in [0.05, 0.1) is 26.7 Å². The Hall–Kier alpha value is -0.120. The van der Waals surface area contributed by atoms with Crippen molar-refractivity contribution < 1.29 is 14.7 Å². The zero-order valence-corrected chi connectivity index (χ0v) is 9.71. The predicted molar refractivity (Wildman–Crippen MR) is 59.1 cm³/mol. The van der Waals surface area contributed by atoms with E-state index in [1.54, 1.807) is 0 Å². The summed E-state index contributed by atoms with van der Waals surface area (Å²) in [7, 11) is 2.26. The molecule has 0 saturated carbocycles. The molecule has 14 heavy (non-hydrogen) atoms. The second kappa shape index (κ2) is 8.21. The Labute approximate surface area is 87.9 Å². The van der Waals surface area contributed by atoms with E-state index in [1.807, 2.05) is 0 Å². The third kappa shape index (κ3) is 6.35. The van der Waals surface area contributed by atoms with Gasteiger partial charge in [-0.1, -0.05) is 0 Å². The summed E-state index contributed by atoms with van der Waals surface area (Å²) < 4.78 is 1.07. The molecule has 0 bridgehead atoms. The molecule has 0 aromatic rings. The van der Waals surface area contributed by atoms with Crippen molar-refractivity contribution in [1.29, 1.82) is 0 Å². The molecule has 3 heteroatoms. The highest BCUT2D eigenvalue weighted by molar-refractivity contribution is 4.43. The molecule has 0 aliphatic heterocycles. The molecule has 0 aromatic heterocycles. The minimum Gasteiger partial charge on any atom is -0.396 e. The van der Waals surface area contributed by atoms with E-state index in [9.17, 15) is 0 Å². The molecule has 0 aliphatic rings. The zero-order chi connectivity index (χ0) is 10.9. The average Bonchev–Trinajstić information content (AvgIpc) is 2.19. The van der Waals surface area contributed by atoms with E-state index in [0.717, 1.165) is 49.8 Å². The van der Waals surface area contributed by atoms with Gasteiger partial charge in [-0.05, 0) is 32.6 Å². The number of aliphatic hydroxyl groups excluding tert-OH is 2. The van der Waals surface area contributed by atoms with E-state index in [2.05, 4.69) is 14.0 Å². The Morgan fingerprint density at radius 2 is 1.29 bits per heavy atom. The lowest BCUT2D eigenvalue weighted by Crippen LogP contribution is -2.45. The summed E-state index contributed by atoms with van der Waals surface area (Å²) in [4.78, 5) is 0. The summed E-state index contributed by atoms with van der Waals surface area (Å²) in [6, 6.07) is 0. The van der Waals surface area contributed by atoms with Gasteiger partial charge in [0.2, 0.25) is 0 Å². The Balaban J connectivity index is 3.67. The fraction of sp³-hybridized carbons (Fsp3) is 1.00. The fourth-order valence-electron chi connectivity index (χ4n) is 1.64. The van der Waals surface area contributed by atoms with Crippen LogP contribution in [0.3, 0.4) is 0 Å². The van der Waals surface area contributed by atoms with Crippen molar-refractivity contribution in [3.05, 3.63) is 0 Å². The maximum atomic E-state index is 8.71. The molecule has 2 N–H and O–H groups in total. The number of aliphatic hydroxyl groups is 2. The molecule has 3 nitrogen and oxygen atoms in total. The Morgan fingerprint density at radius 3 is 1.57 bits per heavy atom. The van der Waals surface area contributed by atoms with E-state index in [-0.39, 0.29) is 0 Å². The number of hydrogen-bond donors (Lipinski definition) is 2. The second-order valence-corrected chi connectivity index (χ2v) is 4.24. The van der Waals surface area contributed by atoms with E-state index in [4.69, 9.17) is 10.2 Å². The van der Waals surface area contributed by atoms with Crippen molar-refractivity contribution in [2.75, 3.05) is 39.9 Å². The molecule has 86 valence electrons. The van der Waals surface area contributed by atoms with E-state index in [1.165, 1.54) is 0 Å². The molecule has 0 rings (SSSR count). The molecule has 0 fully saturated rings. The number of nitrogens with zero attached hydrogens (tertiary/aromatic N) is 1. The van der Waals surface area contributed by atoms with Crippen LogP contribution in [0, 0.1) is 0 Å². The summed E-state index contributed by atoms with van der Waals surface area (Å²) in [5, 5.41) is 17.4. The van der Waals surface area contributed by atoms with E-state index in [0.29, 0.717) is 13.2 Å². The molecular formula is C11H26NO2+. The van der Waals surface area contributed by atoms with Gasteiger partial charge in [0, 0.05) is 13.2 Å². The third-order valence-electron chi connectivity index (χ3n) is 2.98. The fourth-order valence-corrected chi connectivity index (χ4v) is 1.64. The van der Waals surface area contributed by atoms with Gasteiger partial charge in [-0.25, -0.2) is 0 Å². The molecule has 0 heterocycles. The first-order valence-corrected chi connectivity index (χ1v) is 5.74. The van der Waals surface area contributed by atoms with Gasteiger partial charge in [-0.15, -0.1) is 0 Å². The normalized spacial score (nSPS) is 12.0. The zero-order valence-electron chi connectivity index (χ0n) is 9.71. The van der Waals surface area contributed by atoms with Crippen LogP contribution in [0.25, 0.3) is 0 Å². The Bertz CT molecular complexity index is 118. The van der Waals surface area contributed by atoms with Gasteiger partial charge in [0.15, 0.2) is 0 Å². The van der Waals surface area contributed by atoms with E-state index < -0.39 is 0 Å². The first kappa shape index (κ1) is 13.9. The number of unbranched alkanes of at least 4 members (excludes halogenated alkanes) is 2. The van der Waals surface area contributed by atoms with Gasteiger partial charge < -0.3 is 14.7 Å². The quantitative estimate of drug-likeness (QED) is 0.434. The number of hydrogen-bond acceptors (Lipinski definition) is 2. The van der Waals surface area contributed by atoms with Crippen molar-refractivity contribution >= 4 is 0 Å². The van der Waals surface area contributed by atoms with Crippen LogP contribution < -0.4 is 0 Å². The molecule has 0 aliphatic carbocycles. The van der Waals surface area contributed by atoms with Crippen LogP contribution >= 0.6 is 0 Å². The van der Waals surface area contributed by atoms with Gasteiger partial charge >= 0.3 is 0 Å². The first-order chi connectivity index (χ1) is 6.68. The maximum Gasteiger partial charge on any atom is 0.0785 e. The molecule has 0 atom stereocenters. The summed E-state index contributed by atoms with van der Waals surface area (Å²) in [5.74, 6) is 0. The van der Waals surface area contributed by atoms with Crippen LogP contribution in [0.5, 0.6) is 0 Å². The molecule has 0 saturated heterocycles. The third-order valence-corrected chi connectivity index (χ3v) is 2.98. The maximum absolute atomic E-state index is 8.71. The molecule has 0 unspecified atom stereocenters. The lowest BCUT2D eigenvalue weighted by Gasteiger charge is -2.33. The topological polar surface area (TPSA) is 40.5 Å². The first-order valence-electron chi connectivity index (χ1n) is 5.74. The van der Waals surface area contributed by atoms with Crippen molar-refractivity contribution in [1.82, 2.24) is 0 Å². The SMILES string of the molecule is CC[N+](C)(CCCCO)CCCCO. The number of quaternary nitrogens is 1. The van der Waals surface area contributed by atoms with Crippen LogP contribution in [0.15, 0.2) is 0 Å².